The molecule has 0 aliphatic heterocycles. The predicted molar refractivity (Wildman–Crippen MR) is 141 cm³/mol. The number of thiazole rings is 1. The second kappa shape index (κ2) is 11.8. The molecular weight excluding hydrogens is 476 g/mol. The fraction of sp³-hybridized carbons (Fsp3) is 0.346. The van der Waals surface area contributed by atoms with E-state index in [1.165, 1.54) is 11.3 Å². The lowest BCUT2D eigenvalue weighted by atomic mass is 10.2. The van der Waals surface area contributed by atoms with Crippen LogP contribution < -0.4 is 5.32 Å². The van der Waals surface area contributed by atoms with E-state index in [0.717, 1.165) is 22.0 Å². The minimum atomic E-state index is -0.643. The second-order valence-corrected chi connectivity index (χ2v) is 10.1. The summed E-state index contributed by atoms with van der Waals surface area (Å²) in [5, 5.41) is 5.31. The highest BCUT2D eigenvalue weighted by atomic mass is 32.1. The topological polar surface area (TPSA) is 113 Å². The van der Waals surface area contributed by atoms with Crippen molar-refractivity contribution in [2.75, 3.05) is 6.54 Å². The van der Waals surface area contributed by atoms with Crippen LogP contribution in [0.5, 0.6) is 0 Å². The lowest BCUT2D eigenvalue weighted by molar-refractivity contribution is 0.0231. The molecule has 0 aliphatic rings. The van der Waals surface area contributed by atoms with Crippen molar-refractivity contribution in [1.82, 2.24) is 30.2 Å². The number of aromatic nitrogens is 4. The molecule has 0 atom stereocenters. The molecule has 0 spiro atoms. The summed E-state index contributed by atoms with van der Waals surface area (Å²) in [4.78, 5) is 43.4. The monoisotopic (exact) mass is 508 g/mol. The number of aromatic amines is 1. The number of carbonyl (C=O) groups excluding carboxylic acids is 2. The van der Waals surface area contributed by atoms with Crippen LogP contribution in [0.25, 0.3) is 12.2 Å². The van der Waals surface area contributed by atoms with Crippen molar-refractivity contribution >= 4 is 35.5 Å². The van der Waals surface area contributed by atoms with Crippen molar-refractivity contribution in [3.05, 3.63) is 76.0 Å². The van der Waals surface area contributed by atoms with E-state index in [0.29, 0.717) is 36.7 Å². The van der Waals surface area contributed by atoms with Crippen molar-refractivity contribution in [2.45, 2.75) is 52.8 Å². The molecule has 0 saturated carbocycles. The van der Waals surface area contributed by atoms with Gasteiger partial charge in [-0.1, -0.05) is 19.2 Å². The third-order valence-corrected chi connectivity index (χ3v) is 6.02. The number of rotatable bonds is 10. The Hall–Kier alpha value is -3.79. The third kappa shape index (κ3) is 7.35. The number of nitrogens with one attached hydrogen (secondary N) is 2. The Labute approximate surface area is 215 Å². The van der Waals surface area contributed by atoms with Gasteiger partial charge in [-0.15, -0.1) is 11.3 Å². The molecule has 0 aromatic carbocycles. The Morgan fingerprint density at radius 3 is 2.67 bits per heavy atom. The van der Waals surface area contributed by atoms with Crippen molar-refractivity contribution in [3.8, 4) is 0 Å². The minimum Gasteiger partial charge on any atom is -0.444 e. The number of pyridine rings is 1. The van der Waals surface area contributed by atoms with Crippen molar-refractivity contribution in [1.29, 1.82) is 0 Å². The van der Waals surface area contributed by atoms with E-state index in [1.54, 1.807) is 28.6 Å². The Kier molecular flexibility index (Phi) is 8.76. The minimum absolute atomic E-state index is 0.214. The van der Waals surface area contributed by atoms with Crippen LogP contribution in [-0.4, -0.2) is 49.0 Å². The van der Waals surface area contributed by atoms with E-state index in [1.807, 2.05) is 39.8 Å². The van der Waals surface area contributed by atoms with Gasteiger partial charge in [0, 0.05) is 24.5 Å². The fourth-order valence-corrected chi connectivity index (χ4v) is 4.07. The average molecular weight is 509 g/mol. The Bertz CT molecular complexity index is 1220. The lowest BCUT2D eigenvalue weighted by Gasteiger charge is -2.26. The molecule has 3 rings (SSSR count). The van der Waals surface area contributed by atoms with Crippen molar-refractivity contribution in [2.24, 2.45) is 0 Å². The first-order chi connectivity index (χ1) is 17.1. The first kappa shape index (κ1) is 26.8. The van der Waals surface area contributed by atoms with Crippen molar-refractivity contribution in [3.63, 3.8) is 0 Å². The van der Waals surface area contributed by atoms with Crippen LogP contribution in [0, 0.1) is 6.92 Å². The molecule has 10 heteroatoms. The number of ether oxygens (including phenoxy) is 1. The number of hydrogen-bond acceptors (Lipinski definition) is 7. The quantitative estimate of drug-likeness (QED) is 0.408. The highest BCUT2D eigenvalue weighted by Gasteiger charge is 2.24. The van der Waals surface area contributed by atoms with Gasteiger partial charge in [-0.05, 0) is 51.5 Å². The van der Waals surface area contributed by atoms with E-state index in [2.05, 4.69) is 38.4 Å². The average Bonchev–Trinajstić information content (AvgIpc) is 3.46. The van der Waals surface area contributed by atoms with Gasteiger partial charge < -0.3 is 19.9 Å². The molecule has 3 heterocycles. The summed E-state index contributed by atoms with van der Waals surface area (Å²) in [6.07, 6.45) is 4.99. The summed E-state index contributed by atoms with van der Waals surface area (Å²) in [7, 11) is 0. The van der Waals surface area contributed by atoms with Crippen molar-refractivity contribution < 1.29 is 14.3 Å². The number of aryl methyl sites for hydroxylation is 1. The molecular formula is C26H32N6O3S. The molecule has 0 fully saturated rings. The van der Waals surface area contributed by atoms with Crippen LogP contribution in [0.15, 0.2) is 36.9 Å². The summed E-state index contributed by atoms with van der Waals surface area (Å²) in [6.45, 7) is 15.8. The second-order valence-electron chi connectivity index (χ2n) is 9.12. The maximum absolute atomic E-state index is 12.9. The first-order valence-corrected chi connectivity index (χ1v) is 12.4. The van der Waals surface area contributed by atoms with E-state index >= 15 is 0 Å². The summed E-state index contributed by atoms with van der Waals surface area (Å²) in [5.41, 5.74) is 2.92. The Morgan fingerprint density at radius 1 is 1.25 bits per heavy atom. The predicted octanol–water partition coefficient (Wildman–Crippen LogP) is 4.77. The van der Waals surface area contributed by atoms with Gasteiger partial charge in [-0.3, -0.25) is 9.78 Å². The van der Waals surface area contributed by atoms with Crippen LogP contribution in [0.1, 0.15) is 64.7 Å². The number of hydrogen-bond donors (Lipinski definition) is 2. The molecule has 0 saturated heterocycles. The highest BCUT2D eigenvalue weighted by molar-refractivity contribution is 7.09. The smallest absolute Gasteiger partial charge is 0.410 e. The molecule has 3 aromatic heterocycles. The van der Waals surface area contributed by atoms with Gasteiger partial charge in [-0.2, -0.15) is 0 Å². The number of imidazole rings is 1. The summed E-state index contributed by atoms with van der Waals surface area (Å²) in [5.74, 6) is 0.325. The number of amides is 2. The van der Waals surface area contributed by atoms with Gasteiger partial charge in [0.1, 0.15) is 17.1 Å². The van der Waals surface area contributed by atoms with E-state index in [9.17, 15) is 9.59 Å². The molecule has 0 unspecified atom stereocenters. The SMILES string of the molecule is C=Cc1nc(CN(CCc2nc(C(=O)NCc3ncccc3C)cs2)C(=O)OC(C)(C)C)[nH]c1C=C. The fourth-order valence-electron chi connectivity index (χ4n) is 3.30. The maximum atomic E-state index is 12.9. The Morgan fingerprint density at radius 2 is 2.03 bits per heavy atom. The zero-order valence-electron chi connectivity index (χ0n) is 21.1. The summed E-state index contributed by atoms with van der Waals surface area (Å²) < 4.78 is 5.60. The molecule has 36 heavy (non-hydrogen) atoms. The van der Waals surface area contributed by atoms with Crippen LogP contribution in [0.3, 0.4) is 0 Å². The molecule has 2 amide bonds. The van der Waals surface area contributed by atoms with Gasteiger partial charge in [0.05, 0.1) is 35.2 Å². The van der Waals surface area contributed by atoms with E-state index in [-0.39, 0.29) is 12.5 Å². The van der Waals surface area contributed by atoms with Crippen LogP contribution in [0.4, 0.5) is 4.79 Å². The maximum Gasteiger partial charge on any atom is 0.410 e. The number of H-pyrrole nitrogens is 1. The first-order valence-electron chi connectivity index (χ1n) is 11.5. The number of nitrogens with zero attached hydrogens (tertiary/aromatic N) is 4. The van der Waals surface area contributed by atoms with Gasteiger partial charge in [-0.25, -0.2) is 14.8 Å². The van der Waals surface area contributed by atoms with Gasteiger partial charge in [0.25, 0.3) is 5.91 Å². The van der Waals surface area contributed by atoms with Gasteiger partial charge in [0.2, 0.25) is 0 Å². The molecule has 3 aromatic rings. The van der Waals surface area contributed by atoms with E-state index < -0.39 is 11.7 Å². The van der Waals surface area contributed by atoms with Gasteiger partial charge in [0.15, 0.2) is 0 Å². The standard InChI is InChI=1S/C26H32N6O3S/c1-7-18-19(8-2)30-22(29-18)15-32(25(34)35-26(4,5)6)13-11-23-31-21(16-36-23)24(33)28-14-20-17(3)10-9-12-27-20/h7-10,12,16H,1-2,11,13-15H2,3-6H3,(H,28,33)(H,29,30). The molecule has 0 bridgehead atoms. The molecule has 2 N–H and O–H groups in total. The zero-order valence-corrected chi connectivity index (χ0v) is 21.9. The molecule has 190 valence electrons. The zero-order chi connectivity index (χ0) is 26.3. The van der Waals surface area contributed by atoms with Crippen LogP contribution >= 0.6 is 11.3 Å². The summed E-state index contributed by atoms with van der Waals surface area (Å²) >= 11 is 1.37. The highest BCUT2D eigenvalue weighted by Crippen LogP contribution is 2.17. The van der Waals surface area contributed by atoms with Gasteiger partial charge >= 0.3 is 6.09 Å². The largest absolute Gasteiger partial charge is 0.444 e. The van der Waals surface area contributed by atoms with Crippen LogP contribution in [0.2, 0.25) is 0 Å². The van der Waals surface area contributed by atoms with Crippen LogP contribution in [-0.2, 0) is 24.2 Å². The van der Waals surface area contributed by atoms with E-state index in [4.69, 9.17) is 4.74 Å². The number of carbonyl (C=O) groups is 2. The summed E-state index contributed by atoms with van der Waals surface area (Å²) in [6, 6.07) is 3.81. The third-order valence-electron chi connectivity index (χ3n) is 5.11. The lowest BCUT2D eigenvalue weighted by Crippen LogP contribution is -2.38. The molecule has 9 nitrogen and oxygen atoms in total. The Balaban J connectivity index is 1.66. The normalized spacial score (nSPS) is 11.1. The molecule has 0 radical (unpaired) electrons. The molecule has 0 aliphatic carbocycles.